The summed E-state index contributed by atoms with van der Waals surface area (Å²) in [5.74, 6) is -3.98. The molecule has 2 unspecified atom stereocenters. The van der Waals surface area contributed by atoms with Crippen molar-refractivity contribution in [2.75, 3.05) is 7.11 Å². The Labute approximate surface area is 217 Å². The van der Waals surface area contributed by atoms with E-state index < -0.39 is 47.1 Å². The molecule has 0 radical (unpaired) electrons. The van der Waals surface area contributed by atoms with Crippen LogP contribution in [0.5, 0.6) is 5.75 Å². The molecule has 0 bridgehead atoms. The largest absolute Gasteiger partial charge is 0.493 e. The molecule has 3 amide bonds. The van der Waals surface area contributed by atoms with Crippen LogP contribution < -0.4 is 20.7 Å². The molecule has 2 aliphatic rings. The number of hydrogen-bond donors (Lipinski definition) is 5. The zero-order chi connectivity index (χ0) is 27.1. The number of aromatic amines is 1. The van der Waals surface area contributed by atoms with Crippen LogP contribution >= 0.6 is 11.6 Å². The topological polar surface area (TPSA) is 150 Å². The van der Waals surface area contributed by atoms with E-state index in [0.717, 1.165) is 12.8 Å². The van der Waals surface area contributed by atoms with Gasteiger partial charge in [0.05, 0.1) is 17.6 Å². The molecule has 3 atom stereocenters. The van der Waals surface area contributed by atoms with Gasteiger partial charge in [0.1, 0.15) is 17.8 Å². The predicted octanol–water partition coefficient (Wildman–Crippen LogP) is 2.74. The minimum absolute atomic E-state index is 0.0585. The third-order valence-corrected chi connectivity index (χ3v) is 7.11. The monoisotopic (exact) mass is 536 g/mol. The van der Waals surface area contributed by atoms with Crippen molar-refractivity contribution >= 4 is 46.2 Å². The summed E-state index contributed by atoms with van der Waals surface area (Å²) in [5.41, 5.74) is -0.0179. The second-order valence-corrected chi connectivity index (χ2v) is 10.9. The van der Waals surface area contributed by atoms with Gasteiger partial charge in [0.25, 0.3) is 5.91 Å². The normalized spacial score (nSPS) is 20.2. The van der Waals surface area contributed by atoms with Gasteiger partial charge in [-0.15, -0.1) is 0 Å². The zero-order valence-electron chi connectivity index (χ0n) is 20.7. The summed E-state index contributed by atoms with van der Waals surface area (Å²) in [6.07, 6.45) is 2.53. The van der Waals surface area contributed by atoms with Gasteiger partial charge in [0.15, 0.2) is 11.6 Å². The Bertz CT molecular complexity index is 1260. The number of carboxylic acid groups (broad SMARTS) is 1. The number of halogens is 2. The number of aliphatic carboxylic acids is 1. The van der Waals surface area contributed by atoms with Crippen LogP contribution in [-0.4, -0.2) is 58.5 Å². The number of ether oxygens (including phenoxy) is 1. The van der Waals surface area contributed by atoms with Crippen LogP contribution in [0.15, 0.2) is 12.1 Å². The molecule has 1 aliphatic carbocycles. The Hall–Kier alpha value is -3.34. The van der Waals surface area contributed by atoms with E-state index >= 15 is 0 Å². The number of carboxylic acids is 1. The number of carbonyl (C=O) groups excluding carboxylic acids is 3. The van der Waals surface area contributed by atoms with Gasteiger partial charge in [-0.25, -0.2) is 9.18 Å². The van der Waals surface area contributed by atoms with Gasteiger partial charge in [0.2, 0.25) is 11.8 Å². The van der Waals surface area contributed by atoms with Crippen LogP contribution in [0.1, 0.15) is 56.4 Å². The summed E-state index contributed by atoms with van der Waals surface area (Å²) in [6, 6.07) is 0.440. The summed E-state index contributed by atoms with van der Waals surface area (Å²) >= 11 is 5.91. The fraction of sp³-hybridized carbons (Fsp3) is 0.520. The number of amides is 3. The van der Waals surface area contributed by atoms with Crippen molar-refractivity contribution in [1.82, 2.24) is 20.9 Å². The van der Waals surface area contributed by atoms with Gasteiger partial charge in [-0.2, -0.15) is 0 Å². The lowest BCUT2D eigenvalue weighted by atomic mass is 9.91. The quantitative estimate of drug-likeness (QED) is 0.315. The van der Waals surface area contributed by atoms with Crippen LogP contribution in [0.2, 0.25) is 5.02 Å². The Balaban J connectivity index is 1.49. The van der Waals surface area contributed by atoms with E-state index in [1.165, 1.54) is 19.2 Å². The van der Waals surface area contributed by atoms with Crippen molar-refractivity contribution in [2.24, 2.45) is 11.8 Å². The summed E-state index contributed by atoms with van der Waals surface area (Å²) < 4.78 is 19.4. The van der Waals surface area contributed by atoms with Crippen molar-refractivity contribution in [2.45, 2.75) is 63.6 Å². The van der Waals surface area contributed by atoms with Crippen LogP contribution in [0.3, 0.4) is 0 Å². The lowest BCUT2D eigenvalue weighted by Gasteiger charge is -2.22. The summed E-state index contributed by atoms with van der Waals surface area (Å²) in [6.45, 7) is 3.70. The highest BCUT2D eigenvalue weighted by Crippen LogP contribution is 2.35. The van der Waals surface area contributed by atoms with Crippen molar-refractivity contribution < 1.29 is 33.4 Å². The number of fused-ring (bicyclic) bond motifs is 1. The standard InChI is InChI=1S/C25H30ClFN4O6/c1-25(2)10-12(21(32)31-25)7-18(24(35)36)30-22(33)16(6-11-4-5-11)29-23(34)17-8-13-15(28-17)9-14(26)19(27)20(13)37-3/h8-9,11-12,16,18,28H,4-7,10H2,1-3H3,(H,29,34)(H,30,33)(H,31,32)(H,35,36)/t12-,16?,18?/m1/s1. The first-order valence-electron chi connectivity index (χ1n) is 12.1. The van der Waals surface area contributed by atoms with Crippen LogP contribution in [0, 0.1) is 17.7 Å². The van der Waals surface area contributed by atoms with Crippen LogP contribution in [0.25, 0.3) is 10.9 Å². The lowest BCUT2D eigenvalue weighted by molar-refractivity contribution is -0.142. The highest BCUT2D eigenvalue weighted by atomic mass is 35.5. The molecule has 4 rings (SSSR count). The molecule has 2 heterocycles. The summed E-state index contributed by atoms with van der Waals surface area (Å²) in [7, 11) is 1.28. The maximum Gasteiger partial charge on any atom is 0.326 e. The van der Waals surface area contributed by atoms with E-state index in [2.05, 4.69) is 20.9 Å². The molecule has 5 N–H and O–H groups in total. The van der Waals surface area contributed by atoms with Crippen molar-refractivity contribution in [3.8, 4) is 5.75 Å². The van der Waals surface area contributed by atoms with E-state index in [1.807, 2.05) is 13.8 Å². The minimum atomic E-state index is -1.29. The van der Waals surface area contributed by atoms with Gasteiger partial charge in [-0.05, 0) is 51.2 Å². The van der Waals surface area contributed by atoms with Gasteiger partial charge < -0.3 is 30.8 Å². The van der Waals surface area contributed by atoms with Gasteiger partial charge >= 0.3 is 5.97 Å². The number of carbonyl (C=O) groups is 4. The van der Waals surface area contributed by atoms with E-state index in [-0.39, 0.29) is 34.7 Å². The third kappa shape index (κ3) is 5.98. The highest BCUT2D eigenvalue weighted by molar-refractivity contribution is 6.31. The van der Waals surface area contributed by atoms with Gasteiger partial charge in [0, 0.05) is 16.8 Å². The smallest absolute Gasteiger partial charge is 0.326 e. The molecular formula is C25H30ClFN4O6. The molecule has 1 saturated carbocycles. The molecule has 1 saturated heterocycles. The number of H-pyrrole nitrogens is 1. The van der Waals surface area contributed by atoms with Crippen molar-refractivity contribution in [1.29, 1.82) is 0 Å². The van der Waals surface area contributed by atoms with Gasteiger partial charge in [-0.3, -0.25) is 14.4 Å². The third-order valence-electron chi connectivity index (χ3n) is 6.83. The van der Waals surface area contributed by atoms with E-state index in [1.54, 1.807) is 0 Å². The summed E-state index contributed by atoms with van der Waals surface area (Å²) in [5, 5.41) is 17.8. The lowest BCUT2D eigenvalue weighted by Crippen LogP contribution is -2.52. The molecular weight excluding hydrogens is 507 g/mol. The average molecular weight is 537 g/mol. The number of methoxy groups -OCH3 is 1. The molecule has 1 aliphatic heterocycles. The zero-order valence-corrected chi connectivity index (χ0v) is 21.5. The van der Waals surface area contributed by atoms with Crippen LogP contribution in [0.4, 0.5) is 4.39 Å². The number of benzene rings is 1. The molecule has 0 spiro atoms. The number of hydrogen-bond acceptors (Lipinski definition) is 5. The highest BCUT2D eigenvalue weighted by Gasteiger charge is 2.40. The molecule has 1 aromatic carbocycles. The maximum absolute atomic E-state index is 14.3. The Morgan fingerprint density at radius 3 is 2.49 bits per heavy atom. The van der Waals surface area contributed by atoms with Crippen LogP contribution in [-0.2, 0) is 14.4 Å². The second kappa shape index (κ2) is 10.2. The maximum atomic E-state index is 14.3. The molecule has 2 fully saturated rings. The fourth-order valence-corrected chi connectivity index (χ4v) is 5.02. The Morgan fingerprint density at radius 1 is 1.22 bits per heavy atom. The Kier molecular flexibility index (Phi) is 7.36. The average Bonchev–Trinajstić information content (AvgIpc) is 3.46. The molecule has 10 nitrogen and oxygen atoms in total. The molecule has 2 aromatic rings. The number of nitrogens with one attached hydrogen (secondary N) is 4. The van der Waals surface area contributed by atoms with Crippen molar-refractivity contribution in [3.63, 3.8) is 0 Å². The number of rotatable bonds is 10. The number of aromatic nitrogens is 1. The molecule has 200 valence electrons. The minimum Gasteiger partial charge on any atom is -0.493 e. The van der Waals surface area contributed by atoms with Gasteiger partial charge in [-0.1, -0.05) is 24.4 Å². The molecule has 37 heavy (non-hydrogen) atoms. The fourth-order valence-electron chi connectivity index (χ4n) is 4.83. The van der Waals surface area contributed by atoms with Crippen molar-refractivity contribution in [3.05, 3.63) is 28.7 Å². The molecule has 12 heteroatoms. The Morgan fingerprint density at radius 2 is 1.92 bits per heavy atom. The first-order valence-corrected chi connectivity index (χ1v) is 12.5. The SMILES string of the molecule is COc1c(F)c(Cl)cc2[nH]c(C(=O)NC(CC3CC3)C(=O)NC(C[C@@H]3CC(C)(C)NC3=O)C(=O)O)cc12. The first kappa shape index (κ1) is 26.7. The summed E-state index contributed by atoms with van der Waals surface area (Å²) in [4.78, 5) is 53.2. The van der Waals surface area contributed by atoms with E-state index in [4.69, 9.17) is 16.3 Å². The van der Waals surface area contributed by atoms with E-state index in [9.17, 15) is 28.7 Å². The predicted molar refractivity (Wildman–Crippen MR) is 133 cm³/mol. The van der Waals surface area contributed by atoms with E-state index in [0.29, 0.717) is 23.7 Å². The second-order valence-electron chi connectivity index (χ2n) is 10.5. The first-order chi connectivity index (χ1) is 17.4. The molecule has 1 aromatic heterocycles.